The molecule has 16 N–H and O–H groups in total. The van der Waals surface area contributed by atoms with Gasteiger partial charge in [0.2, 0.25) is 0 Å². The maximum absolute atomic E-state index is 8.55. The summed E-state index contributed by atoms with van der Waals surface area (Å²) in [5.74, 6) is 0. The highest BCUT2D eigenvalue weighted by Gasteiger charge is 1.45. The van der Waals surface area contributed by atoms with Gasteiger partial charge in [-0.1, -0.05) is 0 Å². The molecule has 0 atom stereocenters. The van der Waals surface area contributed by atoms with Crippen LogP contribution in [-0.2, 0) is 9.13 Å². The van der Waals surface area contributed by atoms with Crippen molar-refractivity contribution < 1.29 is 82.3 Å². The van der Waals surface area contributed by atoms with E-state index in [2.05, 4.69) is 0 Å². The molecule has 0 heterocycles. The first-order chi connectivity index (χ1) is 4.00. The smallest absolute Gasteiger partial charge is 0.159 e. The van der Waals surface area contributed by atoms with E-state index in [1.54, 1.807) is 0 Å². The average molecular weight is 334 g/mol. The molecular weight excluding hydrogens is 318 g/mol. The zero-order chi connectivity index (χ0) is 9.00. The van der Waals surface area contributed by atoms with Crippen LogP contribution in [0.15, 0.2) is 0 Å². The molecule has 0 unspecified atom stereocenters. The molecule has 18 heavy (non-hydrogen) atoms. The molecule has 0 aliphatic rings. The van der Waals surface area contributed by atoms with Crippen LogP contribution < -0.4 is 29.4 Å². The molecule has 0 radical (unpaired) electrons. The lowest BCUT2D eigenvalue weighted by atomic mass is 15.8. The van der Waals surface area contributed by atoms with Crippen LogP contribution in [0.5, 0.6) is 0 Å². The van der Waals surface area contributed by atoms with Crippen LogP contribution in [0.2, 0.25) is 0 Å². The van der Waals surface area contributed by atoms with Gasteiger partial charge >= 0.3 is 0 Å². The van der Waals surface area contributed by atoms with Crippen molar-refractivity contribution in [2.45, 2.75) is 0 Å². The number of hydrogen-bond donors (Lipinski definition) is 0. The monoisotopic (exact) mass is 334 g/mol. The summed E-state index contributed by atoms with van der Waals surface area (Å²) >= 11 is 0. The van der Waals surface area contributed by atoms with E-state index in [1.807, 2.05) is 0 Å². The average Bonchev–Trinajstić information content (AvgIpc) is 1.12. The molecule has 0 saturated carbocycles. The van der Waals surface area contributed by atoms with Gasteiger partial charge in [0, 0.05) is 0 Å². The van der Waals surface area contributed by atoms with E-state index in [1.165, 1.54) is 0 Å². The van der Waals surface area contributed by atoms with Crippen LogP contribution in [0, 0.1) is 0 Å². The second-order valence-corrected chi connectivity index (χ2v) is 2.68. The largest absolute Gasteiger partial charge is 0.822 e. The van der Waals surface area contributed by atoms with Gasteiger partial charge in [-0.05, 0) is 0 Å². The van der Waals surface area contributed by atoms with Crippen LogP contribution >= 0.6 is 15.6 Å². The van der Waals surface area contributed by atoms with Crippen molar-refractivity contribution in [1.29, 1.82) is 0 Å². The Labute approximate surface area is 99.1 Å². The van der Waals surface area contributed by atoms with Crippen molar-refractivity contribution in [3.05, 3.63) is 0 Å². The molecule has 0 bridgehead atoms. The molecule has 0 aliphatic heterocycles. The van der Waals surface area contributed by atoms with E-state index in [4.69, 9.17) is 38.5 Å². The molecule has 0 fully saturated rings. The van der Waals surface area contributed by atoms with E-state index >= 15 is 0 Å². The first-order valence-corrected chi connectivity index (χ1v) is 4.38. The lowest BCUT2D eigenvalue weighted by Crippen LogP contribution is -2.24. The zero-order valence-corrected chi connectivity index (χ0v) is 9.95. The maximum atomic E-state index is 8.55. The van der Waals surface area contributed by atoms with E-state index in [0.717, 1.165) is 0 Å². The predicted octanol–water partition coefficient (Wildman–Crippen LogP) is -12.2. The van der Waals surface area contributed by atoms with Crippen molar-refractivity contribution in [1.82, 2.24) is 0 Å². The van der Waals surface area contributed by atoms with Crippen molar-refractivity contribution in [3.8, 4) is 0 Å². The SMILES string of the molecule is O.O.O.O.O.O.O.O.O=P([O-])([O-])[O-].O=P([O-])([O-])[O-]. The standard InChI is InChI=1S/2H3O4P.8H2O/c2*1-5(2,3)4;;;;;;;;/h2*(H3,1,2,3,4);8*1H2/p-6. The quantitative estimate of drug-likeness (QED) is 0.381. The first kappa shape index (κ1) is 81.9. The molecule has 0 aliphatic carbocycles. The van der Waals surface area contributed by atoms with Gasteiger partial charge in [0.1, 0.15) is 0 Å². The molecule has 0 amide bonds. The Morgan fingerprint density at radius 3 is 0.389 bits per heavy atom. The molecule has 0 rings (SSSR count). The Balaban J connectivity index is -0.00000000615. The van der Waals surface area contributed by atoms with Gasteiger partial charge in [0.05, 0.1) is 0 Å². The van der Waals surface area contributed by atoms with Gasteiger partial charge in [-0.15, -0.1) is 0 Å². The third kappa shape index (κ3) is 353000. The first-order valence-electron chi connectivity index (χ1n) is 1.46. The lowest BCUT2D eigenvalue weighted by Gasteiger charge is -2.36. The summed E-state index contributed by atoms with van der Waals surface area (Å²) in [5, 5.41) is 0. The zero-order valence-electron chi connectivity index (χ0n) is 8.16. The van der Waals surface area contributed by atoms with Crippen molar-refractivity contribution >= 4 is 15.6 Å². The Hall–Kier alpha value is -0.100. The highest BCUT2D eigenvalue weighted by Crippen LogP contribution is 2.03. The maximum Gasteiger partial charge on any atom is -0.159 e. The summed E-state index contributed by atoms with van der Waals surface area (Å²) in [6.07, 6.45) is 0. The Kier molecular flexibility index (Phi) is 137. The minimum absolute atomic E-state index is 0. The van der Waals surface area contributed by atoms with Crippen LogP contribution in [0.25, 0.3) is 0 Å². The molecule has 128 valence electrons. The summed E-state index contributed by atoms with van der Waals surface area (Å²) in [7, 11) is -10.8. The van der Waals surface area contributed by atoms with Gasteiger partial charge in [-0.25, -0.2) is 0 Å². The fraction of sp³-hybridized carbons (Fsp3) is 0. The van der Waals surface area contributed by atoms with Gasteiger partial charge in [0.25, 0.3) is 0 Å². The summed E-state index contributed by atoms with van der Waals surface area (Å²) in [6, 6.07) is 0. The molecule has 0 aromatic rings. The number of phosphoric acid groups is 2. The van der Waals surface area contributed by atoms with E-state index in [0.29, 0.717) is 0 Å². The van der Waals surface area contributed by atoms with Gasteiger partial charge in [0.15, 0.2) is 0 Å². The Morgan fingerprint density at radius 1 is 0.389 bits per heavy atom. The molecular formula is H16O16P2-6. The molecule has 18 heteroatoms. The minimum atomic E-state index is -5.39. The van der Waals surface area contributed by atoms with E-state index in [9.17, 15) is 0 Å². The molecule has 0 aromatic carbocycles. The third-order valence-corrected chi connectivity index (χ3v) is 0. The fourth-order valence-electron chi connectivity index (χ4n) is 0. The highest BCUT2D eigenvalue weighted by molar-refractivity contribution is 7.40. The second-order valence-electron chi connectivity index (χ2n) is 0.894. The summed E-state index contributed by atoms with van der Waals surface area (Å²) in [6.45, 7) is 0. The van der Waals surface area contributed by atoms with Crippen molar-refractivity contribution in [2.75, 3.05) is 0 Å². The molecule has 0 spiro atoms. The van der Waals surface area contributed by atoms with Gasteiger partial charge in [-0.2, -0.15) is 15.6 Å². The summed E-state index contributed by atoms with van der Waals surface area (Å²) in [5.41, 5.74) is 0. The normalized spacial score (nSPS) is 6.56. The highest BCUT2D eigenvalue weighted by atomic mass is 31.2. The van der Waals surface area contributed by atoms with Crippen LogP contribution in [0.3, 0.4) is 0 Å². The topological polar surface area (TPSA) is 424 Å². The Bertz CT molecular complexity index is 121. The second kappa shape index (κ2) is 30.2. The third-order valence-electron chi connectivity index (χ3n) is 0. The molecule has 0 aromatic heterocycles. The Morgan fingerprint density at radius 2 is 0.389 bits per heavy atom. The minimum Gasteiger partial charge on any atom is -0.822 e. The van der Waals surface area contributed by atoms with Crippen LogP contribution in [0.1, 0.15) is 0 Å². The molecule has 0 saturated heterocycles. The van der Waals surface area contributed by atoms with Crippen molar-refractivity contribution in [3.63, 3.8) is 0 Å². The molecule has 16 nitrogen and oxygen atoms in total. The fourth-order valence-corrected chi connectivity index (χ4v) is 0. The predicted molar refractivity (Wildman–Crippen MR) is 44.1 cm³/mol. The van der Waals surface area contributed by atoms with E-state index in [-0.39, 0.29) is 43.8 Å². The number of rotatable bonds is 0. The van der Waals surface area contributed by atoms with Crippen LogP contribution in [-0.4, -0.2) is 43.8 Å². The summed E-state index contributed by atoms with van der Waals surface area (Å²) < 4.78 is 17.1. The number of hydrogen-bond acceptors (Lipinski definition) is 8. The van der Waals surface area contributed by atoms with Gasteiger partial charge in [-0.3, -0.25) is 0 Å². The lowest BCUT2D eigenvalue weighted by molar-refractivity contribution is -0.434. The van der Waals surface area contributed by atoms with Crippen molar-refractivity contribution in [2.24, 2.45) is 0 Å². The summed E-state index contributed by atoms with van der Waals surface area (Å²) in [4.78, 5) is 51.3. The van der Waals surface area contributed by atoms with Gasteiger partial charge < -0.3 is 82.3 Å². The van der Waals surface area contributed by atoms with E-state index < -0.39 is 15.6 Å². The van der Waals surface area contributed by atoms with Crippen LogP contribution in [0.4, 0.5) is 0 Å².